The van der Waals surface area contributed by atoms with E-state index in [0.717, 1.165) is 61.8 Å². The van der Waals surface area contributed by atoms with E-state index in [0.29, 0.717) is 12.6 Å². The van der Waals surface area contributed by atoms with Gasteiger partial charge in [-0.3, -0.25) is 0 Å². The van der Waals surface area contributed by atoms with Crippen LogP contribution >= 0.6 is 0 Å². The van der Waals surface area contributed by atoms with E-state index in [9.17, 15) is 4.79 Å². The number of hydrogen-bond acceptors (Lipinski definition) is 3. The average molecular weight is 343 g/mol. The first-order valence-corrected chi connectivity index (χ1v) is 10.2. The number of aromatic nitrogens is 3. The topological polar surface area (TPSA) is 63.1 Å². The van der Waals surface area contributed by atoms with Crippen molar-refractivity contribution in [2.24, 2.45) is 17.8 Å². The van der Waals surface area contributed by atoms with Crippen molar-refractivity contribution in [3.05, 3.63) is 11.6 Å². The molecule has 1 saturated heterocycles. The Hall–Kier alpha value is -1.59. The first kappa shape index (κ1) is 15.6. The minimum absolute atomic E-state index is 0.0982. The molecule has 0 aromatic carbocycles. The smallest absolute Gasteiger partial charge is 0.318 e. The Balaban J connectivity index is 1.18. The van der Waals surface area contributed by atoms with Gasteiger partial charge in [-0.2, -0.15) is 0 Å². The van der Waals surface area contributed by atoms with Crippen LogP contribution in [0.1, 0.15) is 63.0 Å². The van der Waals surface area contributed by atoms with Crippen LogP contribution in [-0.4, -0.2) is 38.3 Å². The summed E-state index contributed by atoms with van der Waals surface area (Å²) in [6.45, 7) is 2.41. The zero-order valence-electron chi connectivity index (χ0n) is 15.0. The van der Waals surface area contributed by atoms with Crippen LogP contribution in [0, 0.1) is 17.8 Å². The van der Waals surface area contributed by atoms with E-state index < -0.39 is 0 Å². The zero-order valence-corrected chi connectivity index (χ0v) is 15.0. The highest BCUT2D eigenvalue weighted by molar-refractivity contribution is 5.74. The molecule has 25 heavy (non-hydrogen) atoms. The fourth-order valence-electron chi connectivity index (χ4n) is 5.96. The Labute approximate surface area is 149 Å². The Morgan fingerprint density at radius 3 is 2.92 bits per heavy atom. The van der Waals surface area contributed by atoms with Gasteiger partial charge in [-0.25, -0.2) is 4.79 Å². The van der Waals surface area contributed by atoms with Crippen LogP contribution in [-0.2, 0) is 19.5 Å². The normalized spacial score (nSPS) is 33.2. The summed E-state index contributed by atoms with van der Waals surface area (Å²) in [5, 5.41) is 11.6. The maximum Gasteiger partial charge on any atom is 0.318 e. The lowest BCUT2D eigenvalue weighted by Gasteiger charge is -2.30. The van der Waals surface area contributed by atoms with Gasteiger partial charge in [0.1, 0.15) is 5.82 Å². The molecule has 1 N–H and O–H groups in total. The number of hydrogen-bond donors (Lipinski definition) is 1. The van der Waals surface area contributed by atoms with Crippen LogP contribution < -0.4 is 5.32 Å². The standard InChI is InChI=1S/C19H29N5O/c25-19(20-12-18-22-21-17-4-2-8-24(17)18)23-7-1-3-16(23)11-15-10-13-5-6-14(15)9-13/h13-16H,1-12H2,(H,20,25)/t13-,14-,15+,16-/m0/s1. The molecule has 1 aromatic heterocycles. The highest BCUT2D eigenvalue weighted by Crippen LogP contribution is 2.50. The molecule has 0 unspecified atom stereocenters. The van der Waals surface area contributed by atoms with Gasteiger partial charge >= 0.3 is 6.03 Å². The maximum absolute atomic E-state index is 12.7. The van der Waals surface area contributed by atoms with Gasteiger partial charge in [-0.05, 0) is 62.7 Å². The van der Waals surface area contributed by atoms with E-state index in [1.54, 1.807) is 0 Å². The third-order valence-electron chi connectivity index (χ3n) is 7.18. The minimum Gasteiger partial charge on any atom is -0.331 e. The van der Waals surface area contributed by atoms with Gasteiger partial charge in [0.2, 0.25) is 0 Å². The number of aryl methyl sites for hydroxylation is 1. The SMILES string of the molecule is O=C(NCc1nnc2n1CCC2)N1CCC[C@H]1C[C@H]1C[C@H]2CC[C@H]1C2. The summed E-state index contributed by atoms with van der Waals surface area (Å²) in [6.07, 6.45) is 11.5. The van der Waals surface area contributed by atoms with Crippen molar-refractivity contribution in [1.82, 2.24) is 25.0 Å². The number of nitrogens with one attached hydrogen (secondary N) is 1. The maximum atomic E-state index is 12.7. The molecule has 2 aliphatic carbocycles. The molecule has 3 heterocycles. The number of fused-ring (bicyclic) bond motifs is 3. The molecule has 2 saturated carbocycles. The van der Waals surface area contributed by atoms with E-state index in [-0.39, 0.29) is 6.03 Å². The number of rotatable bonds is 4. The van der Waals surface area contributed by atoms with Gasteiger partial charge < -0.3 is 14.8 Å². The van der Waals surface area contributed by atoms with Crippen molar-refractivity contribution in [1.29, 1.82) is 0 Å². The Bertz CT molecular complexity index is 656. The molecule has 4 atom stereocenters. The van der Waals surface area contributed by atoms with E-state index in [1.807, 2.05) is 0 Å². The Morgan fingerprint density at radius 2 is 2.08 bits per heavy atom. The second kappa shape index (κ2) is 6.29. The number of urea groups is 1. The van der Waals surface area contributed by atoms with E-state index in [1.165, 1.54) is 38.5 Å². The third kappa shape index (κ3) is 2.83. The molecule has 6 nitrogen and oxygen atoms in total. The van der Waals surface area contributed by atoms with Crippen molar-refractivity contribution in [2.75, 3.05) is 6.54 Å². The van der Waals surface area contributed by atoms with Gasteiger partial charge in [0.05, 0.1) is 6.54 Å². The van der Waals surface area contributed by atoms with Gasteiger partial charge in [-0.1, -0.05) is 6.42 Å². The fourth-order valence-corrected chi connectivity index (χ4v) is 5.96. The predicted octanol–water partition coefficient (Wildman–Crippen LogP) is 2.72. The number of nitrogens with zero attached hydrogens (tertiary/aromatic N) is 4. The molecular weight excluding hydrogens is 314 g/mol. The highest BCUT2D eigenvalue weighted by Gasteiger charge is 2.42. The summed E-state index contributed by atoms with van der Waals surface area (Å²) in [5.74, 6) is 4.80. The van der Waals surface area contributed by atoms with Gasteiger partial charge in [0, 0.05) is 25.6 Å². The van der Waals surface area contributed by atoms with E-state index in [2.05, 4.69) is 25.0 Å². The second-order valence-electron chi connectivity index (χ2n) is 8.61. The number of amides is 2. The lowest BCUT2D eigenvalue weighted by molar-refractivity contribution is 0.174. The van der Waals surface area contributed by atoms with Gasteiger partial charge in [-0.15, -0.1) is 10.2 Å². The molecule has 4 aliphatic rings. The fraction of sp³-hybridized carbons (Fsp3) is 0.842. The molecule has 0 spiro atoms. The molecule has 0 radical (unpaired) electrons. The quantitative estimate of drug-likeness (QED) is 0.914. The second-order valence-corrected chi connectivity index (χ2v) is 8.61. The molecule has 2 amide bonds. The molecule has 2 aliphatic heterocycles. The number of likely N-dealkylation sites (tertiary alicyclic amines) is 1. The third-order valence-corrected chi connectivity index (χ3v) is 7.18. The van der Waals surface area contributed by atoms with Crippen molar-refractivity contribution in [3.63, 3.8) is 0 Å². The van der Waals surface area contributed by atoms with Gasteiger partial charge in [0.15, 0.2) is 5.82 Å². The monoisotopic (exact) mass is 343 g/mol. The van der Waals surface area contributed by atoms with Crippen molar-refractivity contribution in [2.45, 2.75) is 76.9 Å². The molecule has 136 valence electrons. The minimum atomic E-state index is 0.0982. The summed E-state index contributed by atoms with van der Waals surface area (Å²) in [6, 6.07) is 0.550. The van der Waals surface area contributed by atoms with Crippen LogP contribution in [0.2, 0.25) is 0 Å². The number of carbonyl (C=O) groups excluding carboxylic acids is 1. The van der Waals surface area contributed by atoms with E-state index >= 15 is 0 Å². The number of carbonyl (C=O) groups is 1. The summed E-state index contributed by atoms with van der Waals surface area (Å²) >= 11 is 0. The molecule has 6 heteroatoms. The average Bonchev–Trinajstić information content (AvgIpc) is 3.38. The lowest BCUT2D eigenvalue weighted by Crippen LogP contribution is -2.43. The van der Waals surface area contributed by atoms with Crippen LogP contribution in [0.4, 0.5) is 4.79 Å². The lowest BCUT2D eigenvalue weighted by atomic mass is 9.84. The van der Waals surface area contributed by atoms with Crippen LogP contribution in [0.25, 0.3) is 0 Å². The van der Waals surface area contributed by atoms with Crippen LogP contribution in [0.15, 0.2) is 0 Å². The Morgan fingerprint density at radius 1 is 1.12 bits per heavy atom. The molecule has 1 aromatic rings. The largest absolute Gasteiger partial charge is 0.331 e. The zero-order chi connectivity index (χ0) is 16.8. The first-order chi connectivity index (χ1) is 12.3. The van der Waals surface area contributed by atoms with Crippen molar-refractivity contribution >= 4 is 6.03 Å². The van der Waals surface area contributed by atoms with Crippen molar-refractivity contribution < 1.29 is 4.79 Å². The van der Waals surface area contributed by atoms with Crippen molar-refractivity contribution in [3.8, 4) is 0 Å². The van der Waals surface area contributed by atoms with E-state index in [4.69, 9.17) is 0 Å². The molecule has 5 rings (SSSR count). The van der Waals surface area contributed by atoms with Crippen LogP contribution in [0.5, 0.6) is 0 Å². The highest BCUT2D eigenvalue weighted by atomic mass is 16.2. The summed E-state index contributed by atoms with van der Waals surface area (Å²) in [7, 11) is 0. The molecule has 2 bridgehead atoms. The summed E-state index contributed by atoms with van der Waals surface area (Å²) in [5.41, 5.74) is 0. The predicted molar refractivity (Wildman–Crippen MR) is 93.9 cm³/mol. The first-order valence-electron chi connectivity index (χ1n) is 10.2. The van der Waals surface area contributed by atoms with Crippen LogP contribution in [0.3, 0.4) is 0 Å². The van der Waals surface area contributed by atoms with Gasteiger partial charge in [0.25, 0.3) is 0 Å². The molecular formula is C19H29N5O. The summed E-state index contributed by atoms with van der Waals surface area (Å²) < 4.78 is 2.16. The Kier molecular flexibility index (Phi) is 3.94. The summed E-state index contributed by atoms with van der Waals surface area (Å²) in [4.78, 5) is 14.8. The molecule has 3 fully saturated rings.